The minimum absolute atomic E-state index is 0.317. The van der Waals surface area contributed by atoms with Crippen LogP contribution in [0.25, 0.3) is 17.2 Å². The Balaban J connectivity index is 2.22. The van der Waals surface area contributed by atoms with Crippen LogP contribution in [0.4, 0.5) is 0 Å². The zero-order valence-electron chi connectivity index (χ0n) is 16.1. The number of fused-ring (bicyclic) bond motifs is 1. The number of unbranched alkanes of at least 4 members (excludes halogenated alkanes) is 1. The van der Waals surface area contributed by atoms with E-state index in [2.05, 4.69) is 64.1 Å². The van der Waals surface area contributed by atoms with Gasteiger partial charge in [-0.05, 0) is 0 Å². The molecule has 2 aromatic carbocycles. The van der Waals surface area contributed by atoms with Gasteiger partial charge in [0, 0.05) is 0 Å². The number of benzene rings is 2. The molecule has 0 N–H and O–H groups in total. The Morgan fingerprint density at radius 3 is 2.27 bits per heavy atom. The molecule has 0 amide bonds. The minimum atomic E-state index is -2.44. The summed E-state index contributed by atoms with van der Waals surface area (Å²) in [5, 5.41) is 0. The molecule has 0 bridgehead atoms. The predicted octanol–water partition coefficient (Wildman–Crippen LogP) is 8.09. The summed E-state index contributed by atoms with van der Waals surface area (Å²) in [6.07, 6.45) is 6.99. The molecule has 1 aliphatic rings. The van der Waals surface area contributed by atoms with Crippen molar-refractivity contribution in [1.29, 1.82) is 0 Å². The van der Waals surface area contributed by atoms with Gasteiger partial charge in [-0.2, -0.15) is 0 Å². The van der Waals surface area contributed by atoms with E-state index >= 15 is 0 Å². The normalized spacial score (nSPS) is 15.8. The van der Waals surface area contributed by atoms with Gasteiger partial charge >= 0.3 is 174 Å². The van der Waals surface area contributed by atoms with E-state index < -0.39 is 19.4 Å². The maximum absolute atomic E-state index is 6.63. The first kappa shape index (κ1) is 20.4. The summed E-state index contributed by atoms with van der Waals surface area (Å²) in [6.45, 7) is 8.85. The first-order valence-electron chi connectivity index (χ1n) is 9.59. The molecule has 0 aliphatic heterocycles. The molecule has 1 unspecified atom stereocenters. The molecule has 2 aromatic rings. The second kappa shape index (κ2) is 8.77. The van der Waals surface area contributed by atoms with Crippen molar-refractivity contribution in [3.8, 4) is 11.1 Å². The van der Waals surface area contributed by atoms with Crippen molar-refractivity contribution in [1.82, 2.24) is 0 Å². The fraction of sp³-hybridized carbons (Fsp3) is 0.391. The van der Waals surface area contributed by atoms with Gasteiger partial charge in [-0.1, -0.05) is 0 Å². The van der Waals surface area contributed by atoms with Crippen LogP contribution in [0.2, 0.25) is 0 Å². The van der Waals surface area contributed by atoms with E-state index in [1.807, 2.05) is 0 Å². The van der Waals surface area contributed by atoms with E-state index in [1.54, 1.807) is 0 Å². The molecule has 0 radical (unpaired) electrons. The van der Waals surface area contributed by atoms with Gasteiger partial charge in [-0.3, -0.25) is 0 Å². The fourth-order valence-corrected chi connectivity index (χ4v) is 9.66. The van der Waals surface area contributed by atoms with Crippen molar-refractivity contribution in [2.75, 3.05) is 0 Å². The van der Waals surface area contributed by atoms with Crippen LogP contribution in [-0.4, -0.2) is 0 Å². The monoisotopic (exact) mass is 463 g/mol. The van der Waals surface area contributed by atoms with Crippen molar-refractivity contribution in [2.45, 2.75) is 57.0 Å². The van der Waals surface area contributed by atoms with Crippen LogP contribution in [0, 0.1) is 13.8 Å². The van der Waals surface area contributed by atoms with Crippen molar-refractivity contribution in [3.05, 3.63) is 63.7 Å². The van der Waals surface area contributed by atoms with Gasteiger partial charge in [0.1, 0.15) is 0 Å². The van der Waals surface area contributed by atoms with Gasteiger partial charge in [0.25, 0.3) is 0 Å². The molecule has 1 atom stereocenters. The third kappa shape index (κ3) is 4.06. The zero-order chi connectivity index (χ0) is 18.8. The quantitative estimate of drug-likeness (QED) is 0.404. The van der Waals surface area contributed by atoms with Crippen LogP contribution in [0.5, 0.6) is 0 Å². The molecular weight excluding hydrogens is 438 g/mol. The summed E-state index contributed by atoms with van der Waals surface area (Å²) in [6, 6.07) is 11.5. The van der Waals surface area contributed by atoms with E-state index in [0.717, 1.165) is 12.8 Å². The van der Waals surface area contributed by atoms with Crippen LogP contribution in [-0.2, 0) is 25.8 Å². The number of halogens is 2. The summed E-state index contributed by atoms with van der Waals surface area (Å²) < 4.78 is 0.317. The van der Waals surface area contributed by atoms with Gasteiger partial charge in [0.2, 0.25) is 0 Å². The topological polar surface area (TPSA) is 0 Å². The molecule has 3 heteroatoms. The molecular formula is C23H27Cl2Zr. The number of hydrogen-bond donors (Lipinski definition) is 0. The summed E-state index contributed by atoms with van der Waals surface area (Å²) in [5.41, 5.74) is 11.0. The van der Waals surface area contributed by atoms with Gasteiger partial charge in [-0.15, -0.1) is 0 Å². The summed E-state index contributed by atoms with van der Waals surface area (Å²) in [4.78, 5) is 0. The van der Waals surface area contributed by atoms with Crippen LogP contribution in [0.3, 0.4) is 0 Å². The Morgan fingerprint density at radius 1 is 1.00 bits per heavy atom. The Kier molecular flexibility index (Phi) is 6.87. The van der Waals surface area contributed by atoms with Gasteiger partial charge < -0.3 is 0 Å². The SMILES string of the molecule is CCCCC1=Cc2c(ccc(CC)c2-c2cc(C)cc(C)c2)[CH]1[Zr]([Cl])[Cl]. The molecule has 137 valence electrons. The molecule has 26 heavy (non-hydrogen) atoms. The predicted molar refractivity (Wildman–Crippen MR) is 113 cm³/mol. The first-order valence-corrected chi connectivity index (χ1v) is 17.3. The summed E-state index contributed by atoms with van der Waals surface area (Å²) in [7, 11) is 13.3. The van der Waals surface area contributed by atoms with Crippen LogP contribution >= 0.6 is 17.0 Å². The van der Waals surface area contributed by atoms with E-state index in [9.17, 15) is 0 Å². The van der Waals surface area contributed by atoms with Gasteiger partial charge in [-0.25, -0.2) is 0 Å². The number of rotatable bonds is 6. The van der Waals surface area contributed by atoms with Crippen molar-refractivity contribution < 1.29 is 19.4 Å². The van der Waals surface area contributed by atoms with E-state index in [4.69, 9.17) is 17.0 Å². The first-order chi connectivity index (χ1) is 12.5. The maximum atomic E-state index is 6.63. The fourth-order valence-electron chi connectivity index (χ4n) is 4.17. The number of allylic oxidation sites excluding steroid dienone is 1. The summed E-state index contributed by atoms with van der Waals surface area (Å²) in [5.74, 6) is 0. The van der Waals surface area contributed by atoms with Crippen LogP contribution in [0.15, 0.2) is 35.9 Å². The molecule has 0 aromatic heterocycles. The average Bonchev–Trinajstić information content (AvgIpc) is 2.96. The molecule has 0 saturated heterocycles. The molecule has 3 rings (SSSR count). The summed E-state index contributed by atoms with van der Waals surface area (Å²) >= 11 is -2.44. The molecule has 0 fully saturated rings. The van der Waals surface area contributed by atoms with E-state index in [1.165, 1.54) is 57.4 Å². The van der Waals surface area contributed by atoms with Crippen LogP contribution in [0.1, 0.15) is 64.6 Å². The number of hydrogen-bond acceptors (Lipinski definition) is 0. The molecule has 0 nitrogen and oxygen atoms in total. The Hall–Kier alpha value is -0.357. The van der Waals surface area contributed by atoms with E-state index in [-0.39, 0.29) is 0 Å². The van der Waals surface area contributed by atoms with Crippen LogP contribution < -0.4 is 0 Å². The van der Waals surface area contributed by atoms with Crippen molar-refractivity contribution in [2.24, 2.45) is 0 Å². The van der Waals surface area contributed by atoms with Crippen molar-refractivity contribution in [3.63, 3.8) is 0 Å². The van der Waals surface area contributed by atoms with Gasteiger partial charge in [0.05, 0.1) is 0 Å². The Bertz CT molecular complexity index is 816. The molecule has 0 heterocycles. The Morgan fingerprint density at radius 2 is 1.69 bits per heavy atom. The second-order valence-electron chi connectivity index (χ2n) is 7.38. The third-order valence-corrected chi connectivity index (χ3v) is 10.6. The van der Waals surface area contributed by atoms with Gasteiger partial charge in [0.15, 0.2) is 0 Å². The molecule has 0 spiro atoms. The third-order valence-electron chi connectivity index (χ3n) is 5.31. The Labute approximate surface area is 173 Å². The zero-order valence-corrected chi connectivity index (χ0v) is 20.1. The standard InChI is InChI=1S/C23H27.2ClH.Zr/c1-5-7-8-18-14-20-10-9-19(6-2)23(22(20)15-18)21-12-16(3)11-17(4)13-21;;;/h9-15H,5-8H2,1-4H3;2*1H;/q;;;+2/p-2. The number of aryl methyl sites for hydroxylation is 3. The van der Waals surface area contributed by atoms with E-state index in [0.29, 0.717) is 3.63 Å². The molecule has 1 aliphatic carbocycles. The average molecular weight is 466 g/mol. The second-order valence-corrected chi connectivity index (χ2v) is 16.2. The molecule has 0 saturated carbocycles. The van der Waals surface area contributed by atoms with Crippen molar-refractivity contribution >= 4 is 23.1 Å².